The lowest BCUT2D eigenvalue weighted by Crippen LogP contribution is -2.24. The van der Waals surface area contributed by atoms with Gasteiger partial charge in [-0.2, -0.15) is 10.2 Å². The van der Waals surface area contributed by atoms with Crippen LogP contribution < -0.4 is 10.2 Å². The Hall–Kier alpha value is -3.35. The largest absolute Gasteiger partial charge is 0.484 e. The first-order valence-corrected chi connectivity index (χ1v) is 10.0. The van der Waals surface area contributed by atoms with Gasteiger partial charge in [-0.3, -0.25) is 4.79 Å². The van der Waals surface area contributed by atoms with E-state index in [2.05, 4.69) is 40.1 Å². The molecule has 0 atom stereocenters. The van der Waals surface area contributed by atoms with E-state index in [1.807, 2.05) is 56.6 Å². The Morgan fingerprint density at radius 3 is 2.53 bits per heavy atom. The third kappa shape index (κ3) is 4.79. The van der Waals surface area contributed by atoms with Crippen LogP contribution in [0.3, 0.4) is 0 Å². The van der Waals surface area contributed by atoms with Gasteiger partial charge >= 0.3 is 0 Å². The van der Waals surface area contributed by atoms with Gasteiger partial charge in [0.1, 0.15) is 11.6 Å². The van der Waals surface area contributed by atoms with Gasteiger partial charge in [-0.25, -0.2) is 10.1 Å². The fourth-order valence-electron chi connectivity index (χ4n) is 3.52. The molecule has 3 rings (SSSR count). The molecule has 0 saturated heterocycles. The minimum absolute atomic E-state index is 0.0904. The molecule has 3 aromatic rings. The van der Waals surface area contributed by atoms with Crippen molar-refractivity contribution in [2.24, 2.45) is 5.10 Å². The highest BCUT2D eigenvalue weighted by Gasteiger charge is 2.14. The molecule has 30 heavy (non-hydrogen) atoms. The van der Waals surface area contributed by atoms with Crippen molar-refractivity contribution in [2.45, 2.75) is 47.6 Å². The summed E-state index contributed by atoms with van der Waals surface area (Å²) in [7, 11) is 0. The van der Waals surface area contributed by atoms with E-state index in [1.54, 1.807) is 12.4 Å². The van der Waals surface area contributed by atoms with Crippen LogP contribution >= 0.6 is 0 Å². The van der Waals surface area contributed by atoms with E-state index in [9.17, 15) is 4.79 Å². The predicted octanol–water partition coefficient (Wildman–Crippen LogP) is 4.02. The molecule has 7 heteroatoms. The van der Waals surface area contributed by atoms with Gasteiger partial charge in [0.2, 0.25) is 0 Å². The Bertz CT molecular complexity index is 1060. The van der Waals surface area contributed by atoms with Crippen molar-refractivity contribution in [1.82, 2.24) is 19.8 Å². The predicted molar refractivity (Wildman–Crippen MR) is 119 cm³/mol. The number of nitrogens with zero attached hydrogens (tertiary/aromatic N) is 4. The second kappa shape index (κ2) is 8.98. The molecular weight excluding hydrogens is 378 g/mol. The maximum atomic E-state index is 12.1. The lowest BCUT2D eigenvalue weighted by molar-refractivity contribution is -0.123. The van der Waals surface area contributed by atoms with E-state index in [4.69, 9.17) is 4.74 Å². The number of carbonyl (C=O) groups excluding carboxylic acids is 1. The molecule has 0 bridgehead atoms. The molecule has 2 heterocycles. The van der Waals surface area contributed by atoms with Crippen molar-refractivity contribution < 1.29 is 9.53 Å². The van der Waals surface area contributed by atoms with Gasteiger partial charge < -0.3 is 9.30 Å². The van der Waals surface area contributed by atoms with Crippen molar-refractivity contribution in [1.29, 1.82) is 0 Å². The molecule has 1 amide bonds. The van der Waals surface area contributed by atoms with Crippen molar-refractivity contribution in [3.63, 3.8) is 0 Å². The summed E-state index contributed by atoms with van der Waals surface area (Å²) in [6.45, 7) is 12.2. The fraction of sp³-hybridized carbons (Fsp3) is 0.348. The van der Waals surface area contributed by atoms with Crippen LogP contribution in [-0.2, 0) is 4.79 Å². The summed E-state index contributed by atoms with van der Waals surface area (Å²) < 4.78 is 9.68. The van der Waals surface area contributed by atoms with Gasteiger partial charge in [0.15, 0.2) is 6.61 Å². The molecule has 0 fully saturated rings. The van der Waals surface area contributed by atoms with Gasteiger partial charge in [-0.15, -0.1) is 0 Å². The molecule has 1 aromatic carbocycles. The minimum Gasteiger partial charge on any atom is -0.484 e. The highest BCUT2D eigenvalue weighted by molar-refractivity contribution is 5.84. The van der Waals surface area contributed by atoms with Crippen LogP contribution in [0.1, 0.15) is 48.0 Å². The molecule has 2 aromatic heterocycles. The van der Waals surface area contributed by atoms with E-state index >= 15 is 0 Å². The molecule has 0 radical (unpaired) electrons. The van der Waals surface area contributed by atoms with Crippen molar-refractivity contribution in [2.75, 3.05) is 6.61 Å². The summed E-state index contributed by atoms with van der Waals surface area (Å²) in [5, 5.41) is 8.52. The third-order valence-corrected chi connectivity index (χ3v) is 4.80. The number of hydrazone groups is 1. The normalized spacial score (nSPS) is 11.4. The number of carbonyl (C=O) groups is 1. The van der Waals surface area contributed by atoms with Gasteiger partial charge in [-0.05, 0) is 70.9 Å². The highest BCUT2D eigenvalue weighted by Crippen LogP contribution is 2.21. The maximum absolute atomic E-state index is 12.1. The van der Waals surface area contributed by atoms with E-state index in [1.165, 1.54) is 0 Å². The number of ether oxygens (including phenoxy) is 1. The van der Waals surface area contributed by atoms with Crippen molar-refractivity contribution in [3.8, 4) is 11.6 Å². The lowest BCUT2D eigenvalue weighted by atomic mass is 10.1. The molecule has 0 aliphatic rings. The monoisotopic (exact) mass is 407 g/mol. The third-order valence-electron chi connectivity index (χ3n) is 4.80. The molecule has 1 N–H and O–H groups in total. The summed E-state index contributed by atoms with van der Waals surface area (Å²) in [5.74, 6) is 1.37. The topological polar surface area (TPSA) is 73.4 Å². The number of nitrogens with one attached hydrogen (secondary N) is 1. The van der Waals surface area contributed by atoms with E-state index < -0.39 is 0 Å². The van der Waals surface area contributed by atoms with Crippen molar-refractivity contribution in [3.05, 3.63) is 64.6 Å². The van der Waals surface area contributed by atoms with Gasteiger partial charge in [0.05, 0.1) is 12.4 Å². The van der Waals surface area contributed by atoms with Gasteiger partial charge in [0, 0.05) is 29.1 Å². The Balaban J connectivity index is 1.65. The summed E-state index contributed by atoms with van der Waals surface area (Å²) in [4.78, 5) is 12.1. The quantitative estimate of drug-likeness (QED) is 0.475. The number of aromatic nitrogens is 3. The van der Waals surface area contributed by atoms with Crippen LogP contribution in [-0.4, -0.2) is 33.1 Å². The SMILES string of the molecule is Cc1cc(C)cc(OCC(=O)N/N=C\c2cc(C)n(-c3ccnn3C(C)C)c2C)c1. The van der Waals surface area contributed by atoms with E-state index in [0.717, 1.165) is 33.9 Å². The molecule has 0 aliphatic heterocycles. The standard InChI is InChI=1S/C23H29N5O2/c1-15(2)28-23(7-8-25-28)27-18(5)12-20(19(27)6)13-24-26-22(29)14-30-21-10-16(3)9-17(4)11-21/h7-13,15H,14H2,1-6H3,(H,26,29)/b24-13-. The van der Waals surface area contributed by atoms with Gasteiger partial charge in [0.25, 0.3) is 5.91 Å². The second-order valence-electron chi connectivity index (χ2n) is 7.79. The smallest absolute Gasteiger partial charge is 0.277 e. The van der Waals surface area contributed by atoms with E-state index in [0.29, 0.717) is 5.75 Å². The van der Waals surface area contributed by atoms with Crippen LogP contribution in [0.2, 0.25) is 0 Å². The number of benzene rings is 1. The van der Waals surface area contributed by atoms with Crippen molar-refractivity contribution >= 4 is 12.1 Å². The van der Waals surface area contributed by atoms with Crippen LogP contribution in [0.4, 0.5) is 0 Å². The summed E-state index contributed by atoms with van der Waals surface area (Å²) in [6, 6.07) is 10.1. The Morgan fingerprint density at radius 2 is 1.87 bits per heavy atom. The zero-order valence-corrected chi connectivity index (χ0v) is 18.4. The van der Waals surface area contributed by atoms with Crippen LogP contribution in [0.25, 0.3) is 5.82 Å². The van der Waals surface area contributed by atoms with Crippen LogP contribution in [0.15, 0.2) is 41.6 Å². The Labute approximate surface area is 177 Å². The highest BCUT2D eigenvalue weighted by atomic mass is 16.5. The first kappa shape index (κ1) is 21.4. The first-order chi connectivity index (χ1) is 14.3. The van der Waals surface area contributed by atoms with Gasteiger partial charge in [-0.1, -0.05) is 6.07 Å². The number of hydrogen-bond acceptors (Lipinski definition) is 4. The average Bonchev–Trinajstić information content (AvgIpc) is 3.24. The summed E-state index contributed by atoms with van der Waals surface area (Å²) in [6.07, 6.45) is 3.46. The second-order valence-corrected chi connectivity index (χ2v) is 7.79. The molecular formula is C23H29N5O2. The summed E-state index contributed by atoms with van der Waals surface area (Å²) in [5.41, 5.74) is 7.75. The molecule has 0 saturated carbocycles. The van der Waals surface area contributed by atoms with Crippen LogP contribution in [0, 0.1) is 27.7 Å². The number of rotatable bonds is 7. The zero-order valence-electron chi connectivity index (χ0n) is 18.4. The first-order valence-electron chi connectivity index (χ1n) is 10.0. The maximum Gasteiger partial charge on any atom is 0.277 e. The molecule has 0 aliphatic carbocycles. The number of aryl methyl sites for hydroxylation is 3. The fourth-order valence-corrected chi connectivity index (χ4v) is 3.52. The number of hydrogen-bond donors (Lipinski definition) is 1. The average molecular weight is 408 g/mol. The van der Waals surface area contributed by atoms with E-state index in [-0.39, 0.29) is 18.6 Å². The van der Waals surface area contributed by atoms with Crippen LogP contribution in [0.5, 0.6) is 5.75 Å². The zero-order chi connectivity index (χ0) is 21.8. The minimum atomic E-state index is -0.308. The molecule has 7 nitrogen and oxygen atoms in total. The Kier molecular flexibility index (Phi) is 6.40. The number of amides is 1. The Morgan fingerprint density at radius 1 is 1.17 bits per heavy atom. The summed E-state index contributed by atoms with van der Waals surface area (Å²) >= 11 is 0. The molecule has 0 unspecified atom stereocenters. The lowest BCUT2D eigenvalue weighted by Gasteiger charge is -2.14. The molecule has 0 spiro atoms. The molecule has 158 valence electrons.